The average Bonchev–Trinajstić information content (AvgIpc) is 3.51. The van der Waals surface area contributed by atoms with Gasteiger partial charge in [0.15, 0.2) is 0 Å². The number of nitrogens with one attached hydrogen (secondary N) is 2. The molecule has 2 N–H and O–H groups in total. The molecule has 2 heterocycles. The zero-order valence-corrected chi connectivity index (χ0v) is 19.0. The number of aromatic nitrogens is 1. The number of nitrogens with zero attached hydrogens (tertiary/aromatic N) is 1. The number of hydrazine groups is 1. The summed E-state index contributed by atoms with van der Waals surface area (Å²) >= 11 is 2.91. The van der Waals surface area contributed by atoms with Gasteiger partial charge >= 0.3 is 6.09 Å². The summed E-state index contributed by atoms with van der Waals surface area (Å²) < 4.78 is 5.15. The van der Waals surface area contributed by atoms with Gasteiger partial charge in [-0.1, -0.05) is 60.4 Å². The molecule has 164 valence electrons. The number of thiazole rings is 1. The average molecular weight is 474 g/mol. The SMILES string of the molecule is O=C(Cc1csc(-c2ccccc2)n1)NNC(=O)OCc1ccc(C#Cc2ccccc2)s1. The largest absolute Gasteiger partial charge is 0.443 e. The first-order valence-corrected chi connectivity index (χ1v) is 11.7. The smallest absolute Gasteiger partial charge is 0.426 e. The second-order valence-electron chi connectivity index (χ2n) is 6.82. The molecule has 0 aliphatic heterocycles. The fraction of sp³-hybridized carbons (Fsp3) is 0.0800. The van der Waals surface area contributed by atoms with E-state index in [9.17, 15) is 9.59 Å². The second kappa shape index (κ2) is 11.1. The van der Waals surface area contributed by atoms with Gasteiger partial charge in [-0.25, -0.2) is 15.2 Å². The molecule has 6 nitrogen and oxygen atoms in total. The lowest BCUT2D eigenvalue weighted by molar-refractivity contribution is -0.121. The Kier molecular flexibility index (Phi) is 7.48. The molecule has 0 fully saturated rings. The molecule has 4 rings (SSSR count). The number of carbonyl (C=O) groups excluding carboxylic acids is 2. The van der Waals surface area contributed by atoms with Crippen molar-refractivity contribution in [3.8, 4) is 22.4 Å². The number of hydrogen-bond acceptors (Lipinski definition) is 6. The summed E-state index contributed by atoms with van der Waals surface area (Å²) in [4.78, 5) is 30.2. The van der Waals surface area contributed by atoms with Gasteiger partial charge in [0, 0.05) is 21.4 Å². The predicted octanol–water partition coefficient (Wildman–Crippen LogP) is 4.77. The van der Waals surface area contributed by atoms with E-state index in [1.165, 1.54) is 22.7 Å². The Balaban J connectivity index is 1.19. The van der Waals surface area contributed by atoms with Crippen molar-refractivity contribution < 1.29 is 14.3 Å². The van der Waals surface area contributed by atoms with Gasteiger partial charge in [0.2, 0.25) is 5.91 Å². The highest BCUT2D eigenvalue weighted by Crippen LogP contribution is 2.23. The number of ether oxygens (including phenoxy) is 1. The number of amides is 2. The van der Waals surface area contributed by atoms with Crippen LogP contribution in [0.2, 0.25) is 0 Å². The van der Waals surface area contributed by atoms with Crippen LogP contribution in [0.5, 0.6) is 0 Å². The lowest BCUT2D eigenvalue weighted by Crippen LogP contribution is -2.42. The number of thiophene rings is 1. The molecule has 4 aromatic rings. The first-order valence-electron chi connectivity index (χ1n) is 10.0. The van der Waals surface area contributed by atoms with E-state index in [1.807, 2.05) is 78.2 Å². The van der Waals surface area contributed by atoms with Gasteiger partial charge in [0.25, 0.3) is 0 Å². The van der Waals surface area contributed by atoms with Gasteiger partial charge in [0.1, 0.15) is 11.6 Å². The van der Waals surface area contributed by atoms with Gasteiger partial charge < -0.3 is 4.74 Å². The van der Waals surface area contributed by atoms with Gasteiger partial charge in [-0.3, -0.25) is 10.2 Å². The molecule has 0 spiro atoms. The lowest BCUT2D eigenvalue weighted by Gasteiger charge is -2.07. The van der Waals surface area contributed by atoms with Crippen LogP contribution in [-0.4, -0.2) is 17.0 Å². The van der Waals surface area contributed by atoms with Crippen molar-refractivity contribution in [1.82, 2.24) is 15.8 Å². The van der Waals surface area contributed by atoms with Crippen molar-refractivity contribution in [2.45, 2.75) is 13.0 Å². The maximum absolute atomic E-state index is 12.1. The molecular formula is C25H19N3O3S2. The third-order valence-electron chi connectivity index (χ3n) is 4.33. The summed E-state index contributed by atoms with van der Waals surface area (Å²) in [6, 6.07) is 23.2. The third-order valence-corrected chi connectivity index (χ3v) is 6.24. The summed E-state index contributed by atoms with van der Waals surface area (Å²) in [7, 11) is 0. The van der Waals surface area contributed by atoms with E-state index in [4.69, 9.17) is 4.74 Å². The van der Waals surface area contributed by atoms with E-state index < -0.39 is 6.09 Å². The van der Waals surface area contributed by atoms with E-state index in [-0.39, 0.29) is 18.9 Å². The summed E-state index contributed by atoms with van der Waals surface area (Å²) in [5.74, 6) is 5.80. The van der Waals surface area contributed by atoms with Gasteiger partial charge in [-0.05, 0) is 24.3 Å². The molecule has 0 radical (unpaired) electrons. The Hall–Kier alpha value is -3.93. The fourth-order valence-corrected chi connectivity index (χ4v) is 4.38. The normalized spacial score (nSPS) is 10.1. The maximum Gasteiger partial charge on any atom is 0.426 e. The first kappa shape index (κ1) is 22.3. The Morgan fingerprint density at radius 1 is 0.909 bits per heavy atom. The van der Waals surface area contributed by atoms with Crippen LogP contribution in [0.15, 0.2) is 78.2 Å². The molecule has 2 amide bonds. The Morgan fingerprint density at radius 2 is 1.67 bits per heavy atom. The number of carbonyl (C=O) groups is 2. The summed E-state index contributed by atoms with van der Waals surface area (Å²) in [5.41, 5.74) is 7.17. The number of rotatable bonds is 5. The molecule has 0 atom stereocenters. The van der Waals surface area contributed by atoms with E-state index >= 15 is 0 Å². The number of hydrogen-bond donors (Lipinski definition) is 2. The van der Waals surface area contributed by atoms with Crippen molar-refractivity contribution in [2.24, 2.45) is 0 Å². The van der Waals surface area contributed by atoms with Gasteiger partial charge in [0.05, 0.1) is 17.0 Å². The van der Waals surface area contributed by atoms with E-state index in [0.717, 1.165) is 25.9 Å². The minimum Gasteiger partial charge on any atom is -0.443 e. The molecule has 0 aliphatic carbocycles. The standard InChI is InChI=1S/C25H19N3O3S2/c29-23(15-20-17-32-24(26-20)19-9-5-2-6-10-19)27-28-25(30)31-16-22-14-13-21(33-22)12-11-18-7-3-1-4-8-18/h1-10,13-14,17H,15-16H2,(H,27,29)(H,28,30). The van der Waals surface area contributed by atoms with Crippen molar-refractivity contribution in [3.63, 3.8) is 0 Å². The van der Waals surface area contributed by atoms with E-state index in [0.29, 0.717) is 5.69 Å². The Bertz CT molecular complexity index is 1290. The van der Waals surface area contributed by atoms with Crippen molar-refractivity contribution in [2.75, 3.05) is 0 Å². The van der Waals surface area contributed by atoms with Crippen LogP contribution >= 0.6 is 22.7 Å². The fourth-order valence-electron chi connectivity index (χ4n) is 2.78. The summed E-state index contributed by atoms with van der Waals surface area (Å²) in [5, 5.41) is 2.67. The van der Waals surface area contributed by atoms with Gasteiger partial charge in [-0.2, -0.15) is 0 Å². The topological polar surface area (TPSA) is 80.3 Å². The van der Waals surface area contributed by atoms with E-state index in [1.54, 1.807) is 0 Å². The Labute approximate surface area is 199 Å². The van der Waals surface area contributed by atoms with Crippen molar-refractivity contribution >= 4 is 34.7 Å². The van der Waals surface area contributed by atoms with E-state index in [2.05, 4.69) is 27.7 Å². The molecule has 0 bridgehead atoms. The molecule has 2 aromatic carbocycles. The zero-order valence-electron chi connectivity index (χ0n) is 17.4. The number of benzene rings is 2. The molecular weight excluding hydrogens is 454 g/mol. The predicted molar refractivity (Wildman–Crippen MR) is 129 cm³/mol. The van der Waals surface area contributed by atoms with Crippen LogP contribution in [-0.2, 0) is 22.6 Å². The summed E-state index contributed by atoms with van der Waals surface area (Å²) in [6.45, 7) is 0.0892. The van der Waals surface area contributed by atoms with Crippen LogP contribution in [0.3, 0.4) is 0 Å². The van der Waals surface area contributed by atoms with Crippen LogP contribution in [0.25, 0.3) is 10.6 Å². The minimum absolute atomic E-state index is 0.0536. The van der Waals surface area contributed by atoms with Crippen molar-refractivity contribution in [1.29, 1.82) is 0 Å². The van der Waals surface area contributed by atoms with Crippen LogP contribution in [0.4, 0.5) is 4.79 Å². The molecule has 2 aromatic heterocycles. The molecule has 33 heavy (non-hydrogen) atoms. The lowest BCUT2D eigenvalue weighted by atomic mass is 10.2. The minimum atomic E-state index is -0.739. The van der Waals surface area contributed by atoms with Crippen molar-refractivity contribution in [3.05, 3.63) is 99.2 Å². The van der Waals surface area contributed by atoms with Crippen LogP contribution in [0, 0.1) is 11.8 Å². The quantitative estimate of drug-likeness (QED) is 0.323. The monoisotopic (exact) mass is 473 g/mol. The highest BCUT2D eigenvalue weighted by molar-refractivity contribution is 7.13. The van der Waals surface area contributed by atoms with Crippen LogP contribution < -0.4 is 10.9 Å². The molecule has 8 heteroatoms. The molecule has 0 aliphatic rings. The zero-order chi connectivity index (χ0) is 22.9. The maximum atomic E-state index is 12.1. The molecule has 0 saturated heterocycles. The van der Waals surface area contributed by atoms with Gasteiger partial charge in [-0.15, -0.1) is 22.7 Å². The Morgan fingerprint density at radius 3 is 2.45 bits per heavy atom. The second-order valence-corrected chi connectivity index (χ2v) is 8.84. The first-order chi connectivity index (χ1) is 16.2. The highest BCUT2D eigenvalue weighted by atomic mass is 32.1. The molecule has 0 unspecified atom stereocenters. The third kappa shape index (κ3) is 6.77. The highest BCUT2D eigenvalue weighted by Gasteiger charge is 2.11. The van der Waals surface area contributed by atoms with Crippen LogP contribution in [0.1, 0.15) is 21.0 Å². The summed E-state index contributed by atoms with van der Waals surface area (Å²) in [6.07, 6.45) is -0.685. The molecule has 0 saturated carbocycles.